The lowest BCUT2D eigenvalue weighted by Crippen LogP contribution is -2.09. The fourth-order valence-corrected chi connectivity index (χ4v) is 2.35. The van der Waals surface area contributed by atoms with Crippen molar-refractivity contribution in [3.8, 4) is 11.5 Å². The molecule has 8 heteroatoms. The molecule has 1 heterocycles. The molecule has 0 atom stereocenters. The van der Waals surface area contributed by atoms with Crippen molar-refractivity contribution < 1.29 is 18.7 Å². The molecule has 0 fully saturated rings. The van der Waals surface area contributed by atoms with E-state index in [1.807, 2.05) is 0 Å². The van der Waals surface area contributed by atoms with Crippen LogP contribution < -0.4 is 9.47 Å². The van der Waals surface area contributed by atoms with Gasteiger partial charge < -0.3 is 9.47 Å². The van der Waals surface area contributed by atoms with Crippen LogP contribution in [0.4, 0.5) is 4.39 Å². The third-order valence-electron chi connectivity index (χ3n) is 3.75. The Balaban J connectivity index is 1.80. The minimum absolute atomic E-state index is 0.239. The smallest absolute Gasteiger partial charge is 0.343 e. The number of halogens is 1. The number of ether oxygens (including phenoxy) is 2. The Kier molecular flexibility index (Phi) is 5.25. The fraction of sp³-hybridized carbons (Fsp3) is 0.158. The maximum atomic E-state index is 13.0. The Morgan fingerprint density at radius 3 is 2.37 bits per heavy atom. The van der Waals surface area contributed by atoms with Gasteiger partial charge in [0.15, 0.2) is 23.1 Å². The highest BCUT2D eigenvalue weighted by atomic mass is 19.1. The van der Waals surface area contributed by atoms with Crippen molar-refractivity contribution in [3.05, 3.63) is 71.1 Å². The van der Waals surface area contributed by atoms with E-state index in [9.17, 15) is 9.18 Å². The molecule has 0 saturated heterocycles. The molecule has 0 aliphatic carbocycles. The number of aryl methyl sites for hydroxylation is 2. The lowest BCUT2D eigenvalue weighted by molar-refractivity contribution is 0.0729. The van der Waals surface area contributed by atoms with E-state index in [-0.39, 0.29) is 11.3 Å². The molecule has 2 aromatic carbocycles. The van der Waals surface area contributed by atoms with E-state index in [2.05, 4.69) is 15.3 Å². The first-order chi connectivity index (χ1) is 13.0. The molecule has 27 heavy (non-hydrogen) atoms. The number of rotatable bonds is 5. The molecule has 0 radical (unpaired) electrons. The van der Waals surface area contributed by atoms with Gasteiger partial charge in [-0.2, -0.15) is 5.10 Å². The molecule has 1 aromatic heterocycles. The molecule has 7 nitrogen and oxygen atoms in total. The van der Waals surface area contributed by atoms with Gasteiger partial charge >= 0.3 is 5.97 Å². The zero-order valence-corrected chi connectivity index (χ0v) is 15.0. The number of esters is 1. The van der Waals surface area contributed by atoms with Crippen LogP contribution in [0.3, 0.4) is 0 Å². The Hall–Kier alpha value is -3.55. The summed E-state index contributed by atoms with van der Waals surface area (Å²) in [4.78, 5) is 12.2. The molecular formula is C19H17FN4O3. The SMILES string of the molecule is COc1cc(/C=N/n2c(C)nnc2C)ccc1OC(=O)c1ccc(F)cc1. The Bertz CT molecular complexity index is 977. The van der Waals surface area contributed by atoms with Gasteiger partial charge in [-0.05, 0) is 61.9 Å². The molecule has 3 rings (SSSR count). The molecule has 0 spiro atoms. The minimum atomic E-state index is -0.606. The van der Waals surface area contributed by atoms with Crippen LogP contribution in [0.15, 0.2) is 47.6 Å². The van der Waals surface area contributed by atoms with Crippen LogP contribution in [0.1, 0.15) is 27.6 Å². The molecule has 0 aliphatic heterocycles. The summed E-state index contributed by atoms with van der Waals surface area (Å²) in [5, 5.41) is 12.2. The Morgan fingerprint density at radius 2 is 1.74 bits per heavy atom. The van der Waals surface area contributed by atoms with Gasteiger partial charge in [-0.1, -0.05) is 0 Å². The molecule has 0 aliphatic rings. The summed E-state index contributed by atoms with van der Waals surface area (Å²) in [6.07, 6.45) is 1.62. The predicted molar refractivity (Wildman–Crippen MR) is 96.8 cm³/mol. The van der Waals surface area contributed by atoms with E-state index in [1.54, 1.807) is 42.9 Å². The molecule has 0 amide bonds. The number of carbonyl (C=O) groups excluding carboxylic acids is 1. The van der Waals surface area contributed by atoms with Crippen LogP contribution in [0, 0.1) is 19.7 Å². The van der Waals surface area contributed by atoms with Crippen molar-refractivity contribution in [1.82, 2.24) is 14.9 Å². The van der Waals surface area contributed by atoms with E-state index in [0.29, 0.717) is 17.4 Å². The van der Waals surface area contributed by atoms with Gasteiger partial charge in [-0.3, -0.25) is 0 Å². The second kappa shape index (κ2) is 7.77. The van der Waals surface area contributed by atoms with Gasteiger partial charge in [-0.15, -0.1) is 10.2 Å². The third kappa shape index (κ3) is 4.17. The normalized spacial score (nSPS) is 11.0. The lowest BCUT2D eigenvalue weighted by Gasteiger charge is -2.10. The summed E-state index contributed by atoms with van der Waals surface area (Å²) in [5.41, 5.74) is 0.976. The van der Waals surface area contributed by atoms with Gasteiger partial charge in [0.25, 0.3) is 0 Å². The number of nitrogens with zero attached hydrogens (tertiary/aromatic N) is 4. The van der Waals surface area contributed by atoms with Gasteiger partial charge in [0.1, 0.15) is 5.82 Å². The van der Waals surface area contributed by atoms with E-state index < -0.39 is 11.8 Å². The van der Waals surface area contributed by atoms with Crippen molar-refractivity contribution in [1.29, 1.82) is 0 Å². The Labute approximate surface area is 155 Å². The summed E-state index contributed by atoms with van der Waals surface area (Å²) in [5.74, 6) is 0.921. The lowest BCUT2D eigenvalue weighted by atomic mass is 10.2. The first-order valence-electron chi connectivity index (χ1n) is 8.06. The Morgan fingerprint density at radius 1 is 1.07 bits per heavy atom. The van der Waals surface area contributed by atoms with Crippen LogP contribution >= 0.6 is 0 Å². The van der Waals surface area contributed by atoms with Crippen molar-refractivity contribution in [2.24, 2.45) is 5.10 Å². The highest BCUT2D eigenvalue weighted by molar-refractivity contribution is 5.91. The molecule has 0 saturated carbocycles. The van der Waals surface area contributed by atoms with E-state index >= 15 is 0 Å². The van der Waals surface area contributed by atoms with E-state index in [0.717, 1.165) is 5.56 Å². The van der Waals surface area contributed by atoms with Crippen molar-refractivity contribution in [2.75, 3.05) is 7.11 Å². The average molecular weight is 368 g/mol. The molecule has 0 unspecified atom stereocenters. The standard InChI is InChI=1S/C19H17FN4O3/c1-12-22-23-13(2)24(12)21-11-14-4-9-17(18(10-14)26-3)27-19(25)15-5-7-16(20)8-6-15/h4-11H,1-3H3/b21-11+. The molecule has 0 bridgehead atoms. The first kappa shape index (κ1) is 18.2. The number of carbonyl (C=O) groups is 1. The summed E-state index contributed by atoms with van der Waals surface area (Å²) in [7, 11) is 1.47. The second-order valence-electron chi connectivity index (χ2n) is 5.66. The fourth-order valence-electron chi connectivity index (χ4n) is 2.35. The summed E-state index contributed by atoms with van der Waals surface area (Å²) in [6.45, 7) is 3.60. The predicted octanol–water partition coefficient (Wildman–Crippen LogP) is 3.14. The zero-order chi connectivity index (χ0) is 19.4. The number of benzene rings is 2. The van der Waals surface area contributed by atoms with Gasteiger partial charge in [0.05, 0.1) is 18.9 Å². The maximum absolute atomic E-state index is 13.0. The van der Waals surface area contributed by atoms with Crippen LogP contribution in [0.2, 0.25) is 0 Å². The van der Waals surface area contributed by atoms with E-state index in [1.165, 1.54) is 31.4 Å². The minimum Gasteiger partial charge on any atom is -0.493 e. The van der Waals surface area contributed by atoms with Gasteiger partial charge in [0, 0.05) is 0 Å². The van der Waals surface area contributed by atoms with Gasteiger partial charge in [0.2, 0.25) is 0 Å². The van der Waals surface area contributed by atoms with E-state index in [4.69, 9.17) is 9.47 Å². The zero-order valence-electron chi connectivity index (χ0n) is 15.0. The highest BCUT2D eigenvalue weighted by Crippen LogP contribution is 2.28. The topological polar surface area (TPSA) is 78.6 Å². The van der Waals surface area contributed by atoms with Crippen LogP contribution in [-0.2, 0) is 0 Å². The average Bonchev–Trinajstić information content (AvgIpc) is 2.99. The maximum Gasteiger partial charge on any atom is 0.343 e. The number of hydrogen-bond donors (Lipinski definition) is 0. The van der Waals surface area contributed by atoms with Crippen molar-refractivity contribution in [3.63, 3.8) is 0 Å². The highest BCUT2D eigenvalue weighted by Gasteiger charge is 2.13. The monoisotopic (exact) mass is 368 g/mol. The molecule has 3 aromatic rings. The van der Waals surface area contributed by atoms with Crippen molar-refractivity contribution >= 4 is 12.2 Å². The quantitative estimate of drug-likeness (QED) is 0.393. The largest absolute Gasteiger partial charge is 0.493 e. The van der Waals surface area contributed by atoms with Crippen LogP contribution in [-0.4, -0.2) is 34.2 Å². The number of aromatic nitrogens is 3. The molecule has 138 valence electrons. The number of methoxy groups -OCH3 is 1. The molecule has 0 N–H and O–H groups in total. The summed E-state index contributed by atoms with van der Waals surface area (Å²) < 4.78 is 25.2. The summed E-state index contributed by atoms with van der Waals surface area (Å²) >= 11 is 0. The first-order valence-corrected chi connectivity index (χ1v) is 8.06. The number of hydrogen-bond acceptors (Lipinski definition) is 6. The van der Waals surface area contributed by atoms with Crippen LogP contribution in [0.25, 0.3) is 0 Å². The molecular weight excluding hydrogens is 351 g/mol. The van der Waals surface area contributed by atoms with Crippen LogP contribution in [0.5, 0.6) is 11.5 Å². The van der Waals surface area contributed by atoms with Gasteiger partial charge in [-0.25, -0.2) is 13.9 Å². The second-order valence-corrected chi connectivity index (χ2v) is 5.66. The van der Waals surface area contributed by atoms with Crippen molar-refractivity contribution in [2.45, 2.75) is 13.8 Å². The summed E-state index contributed by atoms with van der Waals surface area (Å²) in [6, 6.07) is 10.1. The third-order valence-corrected chi connectivity index (χ3v) is 3.75.